The molecule has 0 spiro atoms. The lowest BCUT2D eigenvalue weighted by Gasteiger charge is -2.05. The van der Waals surface area contributed by atoms with Gasteiger partial charge in [0.15, 0.2) is 0 Å². The Bertz CT molecular complexity index is 488. The average Bonchev–Trinajstić information content (AvgIpc) is 2.86. The van der Waals surface area contributed by atoms with Crippen molar-refractivity contribution >= 4 is 5.91 Å². The topological polar surface area (TPSA) is 44.9 Å². The molecule has 3 nitrogen and oxygen atoms in total. The van der Waals surface area contributed by atoms with E-state index in [0.717, 1.165) is 17.5 Å². The van der Waals surface area contributed by atoms with E-state index in [0.29, 0.717) is 12.1 Å². The molecule has 0 saturated heterocycles. The number of hydrogen-bond acceptors (Lipinski definition) is 1. The molecular weight excluding hydrogens is 212 g/mol. The summed E-state index contributed by atoms with van der Waals surface area (Å²) in [6.45, 7) is 2.74. The molecule has 0 radical (unpaired) electrons. The molecule has 1 aromatic heterocycles. The van der Waals surface area contributed by atoms with Crippen LogP contribution in [0.15, 0.2) is 42.7 Å². The van der Waals surface area contributed by atoms with Gasteiger partial charge in [0.05, 0.1) is 5.56 Å². The zero-order valence-electron chi connectivity index (χ0n) is 9.86. The molecule has 17 heavy (non-hydrogen) atoms. The van der Waals surface area contributed by atoms with Gasteiger partial charge in [0.25, 0.3) is 5.91 Å². The third-order valence-corrected chi connectivity index (χ3v) is 2.61. The fraction of sp³-hybridized carbons (Fsp3) is 0.214. The van der Waals surface area contributed by atoms with Crippen LogP contribution in [0.1, 0.15) is 23.7 Å². The molecule has 1 heterocycles. The monoisotopic (exact) mass is 228 g/mol. The molecular formula is C14H16N2O. The van der Waals surface area contributed by atoms with Crippen LogP contribution in [0.3, 0.4) is 0 Å². The van der Waals surface area contributed by atoms with Crippen LogP contribution in [0.5, 0.6) is 0 Å². The lowest BCUT2D eigenvalue weighted by atomic mass is 10.0. The molecule has 0 atom stereocenters. The van der Waals surface area contributed by atoms with Gasteiger partial charge in [-0.25, -0.2) is 0 Å². The van der Waals surface area contributed by atoms with Crippen LogP contribution >= 0.6 is 0 Å². The number of benzene rings is 1. The van der Waals surface area contributed by atoms with Crippen molar-refractivity contribution in [1.82, 2.24) is 10.3 Å². The van der Waals surface area contributed by atoms with Gasteiger partial charge in [0.2, 0.25) is 0 Å². The molecule has 2 aromatic rings. The van der Waals surface area contributed by atoms with Crippen LogP contribution < -0.4 is 5.32 Å². The molecule has 3 heteroatoms. The summed E-state index contributed by atoms with van der Waals surface area (Å²) in [5.74, 6) is -0.0213. The fourth-order valence-electron chi connectivity index (χ4n) is 1.74. The van der Waals surface area contributed by atoms with E-state index in [1.54, 1.807) is 6.20 Å². The van der Waals surface area contributed by atoms with E-state index in [2.05, 4.69) is 10.3 Å². The van der Waals surface area contributed by atoms with Crippen LogP contribution in [0.4, 0.5) is 0 Å². The Labute approximate surface area is 101 Å². The van der Waals surface area contributed by atoms with Crippen LogP contribution in [0.2, 0.25) is 0 Å². The molecule has 0 fully saturated rings. The minimum atomic E-state index is -0.0213. The van der Waals surface area contributed by atoms with Crippen molar-refractivity contribution in [2.24, 2.45) is 0 Å². The Morgan fingerprint density at radius 3 is 2.71 bits per heavy atom. The SMILES string of the molecule is CCCNC(=O)c1c[nH]cc1-c1ccccc1. The van der Waals surface area contributed by atoms with Gasteiger partial charge in [-0.1, -0.05) is 37.3 Å². The van der Waals surface area contributed by atoms with Crippen LogP contribution in [-0.4, -0.2) is 17.4 Å². The van der Waals surface area contributed by atoms with E-state index in [-0.39, 0.29) is 5.91 Å². The Hall–Kier alpha value is -2.03. The maximum absolute atomic E-state index is 11.9. The molecule has 0 unspecified atom stereocenters. The number of carbonyl (C=O) groups excluding carboxylic acids is 1. The molecule has 2 rings (SSSR count). The summed E-state index contributed by atoms with van der Waals surface area (Å²) >= 11 is 0. The van der Waals surface area contributed by atoms with Crippen molar-refractivity contribution in [2.45, 2.75) is 13.3 Å². The number of aromatic amines is 1. The lowest BCUT2D eigenvalue weighted by molar-refractivity contribution is 0.0954. The Morgan fingerprint density at radius 1 is 1.24 bits per heavy atom. The highest BCUT2D eigenvalue weighted by atomic mass is 16.1. The zero-order valence-corrected chi connectivity index (χ0v) is 9.86. The molecule has 0 saturated carbocycles. The largest absolute Gasteiger partial charge is 0.366 e. The fourth-order valence-corrected chi connectivity index (χ4v) is 1.74. The van der Waals surface area contributed by atoms with E-state index in [1.165, 1.54) is 0 Å². The highest BCUT2D eigenvalue weighted by Gasteiger charge is 2.12. The van der Waals surface area contributed by atoms with Gasteiger partial charge in [-0.2, -0.15) is 0 Å². The first-order valence-corrected chi connectivity index (χ1v) is 5.83. The maximum Gasteiger partial charge on any atom is 0.253 e. The smallest absolute Gasteiger partial charge is 0.253 e. The van der Waals surface area contributed by atoms with Crippen molar-refractivity contribution in [3.8, 4) is 11.1 Å². The van der Waals surface area contributed by atoms with Gasteiger partial charge in [0, 0.05) is 24.5 Å². The van der Waals surface area contributed by atoms with Crippen molar-refractivity contribution in [3.63, 3.8) is 0 Å². The summed E-state index contributed by atoms with van der Waals surface area (Å²) in [6, 6.07) is 9.90. The molecule has 1 aromatic carbocycles. The van der Waals surface area contributed by atoms with E-state index in [4.69, 9.17) is 0 Å². The summed E-state index contributed by atoms with van der Waals surface area (Å²) in [7, 11) is 0. The molecule has 1 amide bonds. The standard InChI is InChI=1S/C14H16N2O/c1-2-8-16-14(17)13-10-15-9-12(13)11-6-4-3-5-7-11/h3-7,9-10,15H,2,8H2,1H3,(H,16,17). The highest BCUT2D eigenvalue weighted by Crippen LogP contribution is 2.22. The molecule has 2 N–H and O–H groups in total. The Morgan fingerprint density at radius 2 is 2.00 bits per heavy atom. The number of amides is 1. The highest BCUT2D eigenvalue weighted by molar-refractivity contribution is 6.00. The van der Waals surface area contributed by atoms with Gasteiger partial charge in [-0.3, -0.25) is 4.79 Å². The second-order valence-corrected chi connectivity index (χ2v) is 3.90. The van der Waals surface area contributed by atoms with Crippen LogP contribution in [0, 0.1) is 0 Å². The minimum absolute atomic E-state index is 0.0213. The van der Waals surface area contributed by atoms with Crippen LogP contribution in [0.25, 0.3) is 11.1 Å². The van der Waals surface area contributed by atoms with Gasteiger partial charge in [0.1, 0.15) is 0 Å². The second kappa shape index (κ2) is 5.34. The average molecular weight is 228 g/mol. The number of nitrogens with one attached hydrogen (secondary N) is 2. The van der Waals surface area contributed by atoms with Gasteiger partial charge >= 0.3 is 0 Å². The lowest BCUT2D eigenvalue weighted by Crippen LogP contribution is -2.23. The normalized spacial score (nSPS) is 10.2. The summed E-state index contributed by atoms with van der Waals surface area (Å²) in [5.41, 5.74) is 2.69. The minimum Gasteiger partial charge on any atom is -0.366 e. The summed E-state index contributed by atoms with van der Waals surface area (Å²) in [5, 5.41) is 2.89. The summed E-state index contributed by atoms with van der Waals surface area (Å²) in [6.07, 6.45) is 4.54. The molecule has 88 valence electrons. The first-order chi connectivity index (χ1) is 8.33. The number of hydrogen-bond donors (Lipinski definition) is 2. The van der Waals surface area contributed by atoms with E-state index >= 15 is 0 Å². The summed E-state index contributed by atoms with van der Waals surface area (Å²) in [4.78, 5) is 14.9. The first kappa shape index (κ1) is 11.5. The summed E-state index contributed by atoms with van der Waals surface area (Å²) < 4.78 is 0. The van der Waals surface area contributed by atoms with Crippen molar-refractivity contribution in [3.05, 3.63) is 48.3 Å². The number of rotatable bonds is 4. The quantitative estimate of drug-likeness (QED) is 0.830. The van der Waals surface area contributed by atoms with Crippen molar-refractivity contribution < 1.29 is 4.79 Å². The molecule has 0 aliphatic carbocycles. The molecule has 0 bridgehead atoms. The predicted octanol–water partition coefficient (Wildman–Crippen LogP) is 2.82. The van der Waals surface area contributed by atoms with Crippen molar-refractivity contribution in [1.29, 1.82) is 0 Å². The zero-order chi connectivity index (χ0) is 12.1. The van der Waals surface area contributed by atoms with E-state index in [9.17, 15) is 4.79 Å². The van der Waals surface area contributed by atoms with Crippen LogP contribution in [-0.2, 0) is 0 Å². The van der Waals surface area contributed by atoms with Gasteiger partial charge in [-0.05, 0) is 12.0 Å². The third-order valence-electron chi connectivity index (χ3n) is 2.61. The molecule has 0 aliphatic heterocycles. The number of H-pyrrole nitrogens is 1. The second-order valence-electron chi connectivity index (χ2n) is 3.90. The van der Waals surface area contributed by atoms with Gasteiger partial charge in [-0.15, -0.1) is 0 Å². The number of carbonyl (C=O) groups is 1. The molecule has 0 aliphatic rings. The predicted molar refractivity (Wildman–Crippen MR) is 68.9 cm³/mol. The Kier molecular flexibility index (Phi) is 3.60. The van der Waals surface area contributed by atoms with Gasteiger partial charge < -0.3 is 10.3 Å². The third kappa shape index (κ3) is 2.56. The van der Waals surface area contributed by atoms with E-state index < -0.39 is 0 Å². The van der Waals surface area contributed by atoms with E-state index in [1.807, 2.05) is 43.5 Å². The maximum atomic E-state index is 11.9. The first-order valence-electron chi connectivity index (χ1n) is 5.83. The van der Waals surface area contributed by atoms with Crippen molar-refractivity contribution in [2.75, 3.05) is 6.54 Å². The Balaban J connectivity index is 2.26. The number of aromatic nitrogens is 1.